The minimum absolute atomic E-state index is 0.0760. The molecule has 3 aromatic rings. The second-order valence-corrected chi connectivity index (χ2v) is 8.68. The molecule has 1 N–H and O–H groups in total. The summed E-state index contributed by atoms with van der Waals surface area (Å²) < 4.78 is 32.8. The Kier molecular flexibility index (Phi) is 4.87. The summed E-state index contributed by atoms with van der Waals surface area (Å²) in [5, 5.41) is 0. The summed E-state index contributed by atoms with van der Waals surface area (Å²) in [7, 11) is -3.93. The number of carbonyl (C=O) groups excluding carboxylic acids is 1. The lowest BCUT2D eigenvalue weighted by atomic mass is 10.1. The highest BCUT2D eigenvalue weighted by molar-refractivity contribution is 7.91. The van der Waals surface area contributed by atoms with Gasteiger partial charge in [-0.05, 0) is 55.7 Å². The Morgan fingerprint density at radius 2 is 1.93 bits per heavy atom. The second-order valence-electron chi connectivity index (χ2n) is 6.76. The van der Waals surface area contributed by atoms with Gasteiger partial charge in [0.15, 0.2) is 0 Å². The average molecular weight is 412 g/mol. The number of carbonyl (C=O) groups is 1. The molecule has 150 valence electrons. The maximum atomic E-state index is 13.0. The predicted molar refractivity (Wildman–Crippen MR) is 107 cm³/mol. The quantitative estimate of drug-likeness (QED) is 0.665. The van der Waals surface area contributed by atoms with E-state index in [2.05, 4.69) is 4.98 Å². The van der Waals surface area contributed by atoms with Gasteiger partial charge in [-0.3, -0.25) is 4.79 Å². The molecule has 4 rings (SSSR count). The predicted octanol–water partition coefficient (Wildman–Crippen LogP) is 2.80. The molecule has 0 atom stereocenters. The van der Waals surface area contributed by atoms with Crippen LogP contribution in [-0.4, -0.2) is 30.5 Å². The second kappa shape index (κ2) is 7.36. The molecule has 0 spiro atoms. The Hall–Kier alpha value is -3.13. The number of fused-ring (bicyclic) bond motifs is 3. The number of esters is 1. The van der Waals surface area contributed by atoms with Crippen molar-refractivity contribution in [1.82, 2.24) is 9.55 Å². The first-order valence-corrected chi connectivity index (χ1v) is 10.8. The van der Waals surface area contributed by atoms with E-state index in [1.807, 2.05) is 4.57 Å². The number of benzene rings is 1. The van der Waals surface area contributed by atoms with Gasteiger partial charge < -0.3 is 14.3 Å². The van der Waals surface area contributed by atoms with Gasteiger partial charge in [-0.25, -0.2) is 13.2 Å². The average Bonchev–Trinajstić information content (AvgIpc) is 3.05. The van der Waals surface area contributed by atoms with E-state index in [0.717, 1.165) is 5.56 Å². The van der Waals surface area contributed by atoms with Crippen LogP contribution in [0.4, 0.5) is 0 Å². The molecule has 1 aliphatic rings. The minimum Gasteiger partial charge on any atom is -0.461 e. The third-order valence-corrected chi connectivity index (χ3v) is 6.76. The summed E-state index contributed by atoms with van der Waals surface area (Å²) in [5.74, 6) is -0.423. The summed E-state index contributed by atoms with van der Waals surface area (Å²) in [5.41, 5.74) is 1.67. The molecule has 3 heterocycles. The van der Waals surface area contributed by atoms with E-state index in [9.17, 15) is 18.0 Å². The van der Waals surface area contributed by atoms with Crippen molar-refractivity contribution >= 4 is 15.8 Å². The van der Waals surface area contributed by atoms with Gasteiger partial charge in [0.05, 0.1) is 22.9 Å². The maximum Gasteiger partial charge on any atom is 0.354 e. The minimum atomic E-state index is -3.93. The largest absolute Gasteiger partial charge is 0.461 e. The van der Waals surface area contributed by atoms with Crippen LogP contribution in [0, 0.1) is 0 Å². The van der Waals surface area contributed by atoms with E-state index in [4.69, 9.17) is 4.74 Å². The number of aromatic nitrogens is 2. The Morgan fingerprint density at radius 1 is 1.17 bits per heavy atom. The van der Waals surface area contributed by atoms with Crippen LogP contribution in [0.3, 0.4) is 0 Å². The first kappa shape index (κ1) is 19.2. The SMILES string of the molecule is CCOC(=O)c1ccc2n1CCCc1cc(S(=O)(=O)c3ccccc3)c(=O)[nH]c1-2. The van der Waals surface area contributed by atoms with Gasteiger partial charge in [-0.15, -0.1) is 0 Å². The van der Waals surface area contributed by atoms with E-state index in [0.29, 0.717) is 36.5 Å². The van der Waals surface area contributed by atoms with E-state index in [1.165, 1.54) is 18.2 Å². The number of ether oxygens (including phenoxy) is 1. The molecular weight excluding hydrogens is 392 g/mol. The van der Waals surface area contributed by atoms with Crippen molar-refractivity contribution in [3.05, 3.63) is 70.1 Å². The van der Waals surface area contributed by atoms with Gasteiger partial charge in [0, 0.05) is 6.54 Å². The summed E-state index contributed by atoms with van der Waals surface area (Å²) in [6, 6.07) is 12.8. The van der Waals surface area contributed by atoms with Gasteiger partial charge in [0.2, 0.25) is 9.84 Å². The molecule has 0 aliphatic carbocycles. The zero-order valence-electron chi connectivity index (χ0n) is 15.8. The van der Waals surface area contributed by atoms with E-state index >= 15 is 0 Å². The van der Waals surface area contributed by atoms with Crippen LogP contribution in [0.2, 0.25) is 0 Å². The van der Waals surface area contributed by atoms with Crippen LogP contribution in [0.5, 0.6) is 0 Å². The fraction of sp³-hybridized carbons (Fsp3) is 0.238. The van der Waals surface area contributed by atoms with Gasteiger partial charge in [-0.1, -0.05) is 18.2 Å². The van der Waals surface area contributed by atoms with Crippen molar-refractivity contribution in [2.75, 3.05) is 6.61 Å². The highest BCUT2D eigenvalue weighted by Gasteiger charge is 2.26. The molecule has 1 aromatic carbocycles. The molecule has 0 bridgehead atoms. The fourth-order valence-corrected chi connectivity index (χ4v) is 5.00. The highest BCUT2D eigenvalue weighted by Crippen LogP contribution is 2.30. The number of H-pyrrole nitrogens is 1. The van der Waals surface area contributed by atoms with Crippen molar-refractivity contribution < 1.29 is 17.9 Å². The first-order chi connectivity index (χ1) is 13.9. The smallest absolute Gasteiger partial charge is 0.354 e. The topological polar surface area (TPSA) is 98.2 Å². The van der Waals surface area contributed by atoms with E-state index in [-0.39, 0.29) is 16.4 Å². The molecule has 8 heteroatoms. The summed E-state index contributed by atoms with van der Waals surface area (Å²) in [6.45, 7) is 2.58. The molecule has 1 aliphatic heterocycles. The van der Waals surface area contributed by atoms with Crippen molar-refractivity contribution in [3.63, 3.8) is 0 Å². The highest BCUT2D eigenvalue weighted by atomic mass is 32.2. The first-order valence-electron chi connectivity index (χ1n) is 9.37. The molecule has 0 unspecified atom stereocenters. The normalized spacial score (nSPS) is 13.3. The Balaban J connectivity index is 1.85. The van der Waals surface area contributed by atoms with Crippen molar-refractivity contribution in [2.24, 2.45) is 0 Å². The van der Waals surface area contributed by atoms with Gasteiger partial charge in [-0.2, -0.15) is 0 Å². The zero-order chi connectivity index (χ0) is 20.6. The van der Waals surface area contributed by atoms with Crippen molar-refractivity contribution in [2.45, 2.75) is 36.1 Å². The number of nitrogens with one attached hydrogen (secondary N) is 1. The monoisotopic (exact) mass is 412 g/mol. The van der Waals surface area contributed by atoms with Crippen LogP contribution >= 0.6 is 0 Å². The fourth-order valence-electron chi connectivity index (χ4n) is 3.64. The van der Waals surface area contributed by atoms with Crippen LogP contribution in [0.1, 0.15) is 29.4 Å². The van der Waals surface area contributed by atoms with Crippen molar-refractivity contribution in [3.8, 4) is 11.4 Å². The summed E-state index contributed by atoms with van der Waals surface area (Å²) in [6.07, 6.45) is 1.27. The summed E-state index contributed by atoms with van der Waals surface area (Å²) >= 11 is 0. The van der Waals surface area contributed by atoms with Crippen LogP contribution in [0.15, 0.2) is 63.1 Å². The van der Waals surface area contributed by atoms with Crippen LogP contribution in [0.25, 0.3) is 11.4 Å². The number of hydrogen-bond donors (Lipinski definition) is 1. The number of rotatable bonds is 4. The number of aryl methyl sites for hydroxylation is 1. The van der Waals surface area contributed by atoms with Gasteiger partial charge >= 0.3 is 5.97 Å². The molecule has 7 nitrogen and oxygen atoms in total. The van der Waals surface area contributed by atoms with Crippen LogP contribution in [-0.2, 0) is 27.5 Å². The van der Waals surface area contributed by atoms with Gasteiger partial charge in [0.1, 0.15) is 10.6 Å². The Labute approximate surface area is 167 Å². The number of nitrogens with zero attached hydrogens (tertiary/aromatic N) is 1. The third kappa shape index (κ3) is 3.29. The lowest BCUT2D eigenvalue weighted by Crippen LogP contribution is -2.20. The number of pyridine rings is 1. The molecule has 0 amide bonds. The lowest BCUT2D eigenvalue weighted by Gasteiger charge is -2.11. The third-order valence-electron chi connectivity index (χ3n) is 4.98. The van der Waals surface area contributed by atoms with E-state index in [1.54, 1.807) is 37.3 Å². The Bertz CT molecular complexity index is 1240. The molecular formula is C21H20N2O5S. The molecule has 0 radical (unpaired) electrons. The zero-order valence-corrected chi connectivity index (χ0v) is 16.7. The molecule has 0 fully saturated rings. The number of aromatic amines is 1. The summed E-state index contributed by atoms with van der Waals surface area (Å²) in [4.78, 5) is 27.5. The molecule has 0 saturated heterocycles. The maximum absolute atomic E-state index is 13.0. The number of hydrogen-bond acceptors (Lipinski definition) is 5. The molecule has 0 saturated carbocycles. The van der Waals surface area contributed by atoms with Gasteiger partial charge in [0.25, 0.3) is 5.56 Å². The van der Waals surface area contributed by atoms with E-state index < -0.39 is 21.4 Å². The lowest BCUT2D eigenvalue weighted by molar-refractivity contribution is 0.0514. The molecule has 2 aromatic heterocycles. The number of sulfone groups is 1. The van der Waals surface area contributed by atoms with Crippen molar-refractivity contribution in [1.29, 1.82) is 0 Å². The Morgan fingerprint density at radius 3 is 2.66 bits per heavy atom. The standard InChI is InChI=1S/C21H20N2O5S/c1-2-28-21(25)17-11-10-16-19-14(7-6-12-23(16)17)13-18(20(24)22-19)29(26,27)15-8-4-3-5-9-15/h3-5,8-11,13H,2,6-7,12H2,1H3,(H,22,24). The molecule has 29 heavy (non-hydrogen) atoms. The van der Waals surface area contributed by atoms with Crippen LogP contribution < -0.4 is 5.56 Å².